The molecule has 1 aromatic heterocycles. The van der Waals surface area contributed by atoms with Crippen molar-refractivity contribution in [2.24, 2.45) is 5.10 Å². The second kappa shape index (κ2) is 8.37. The van der Waals surface area contributed by atoms with Gasteiger partial charge in [0.2, 0.25) is 0 Å². The lowest BCUT2D eigenvalue weighted by Gasteiger charge is -2.06. The average Bonchev–Trinajstić information content (AvgIpc) is 2.95. The third-order valence-electron chi connectivity index (χ3n) is 3.98. The number of hydrogen-bond acceptors (Lipinski definition) is 3. The molecule has 0 saturated carbocycles. The van der Waals surface area contributed by atoms with Crippen molar-refractivity contribution in [1.29, 1.82) is 0 Å². The van der Waals surface area contributed by atoms with Crippen molar-refractivity contribution in [2.75, 3.05) is 0 Å². The molecule has 27 heavy (non-hydrogen) atoms. The van der Waals surface area contributed by atoms with Crippen LogP contribution in [0.25, 0.3) is 0 Å². The Hall–Kier alpha value is -2.63. The highest BCUT2D eigenvalue weighted by molar-refractivity contribution is 6.42. The summed E-state index contributed by atoms with van der Waals surface area (Å²) in [5.74, 6) is -0.288. The summed E-state index contributed by atoms with van der Waals surface area (Å²) in [6.07, 6.45) is 1.51. The van der Waals surface area contributed by atoms with Gasteiger partial charge in [0, 0.05) is 11.3 Å². The van der Waals surface area contributed by atoms with Gasteiger partial charge in [-0.1, -0.05) is 41.4 Å². The number of aryl methyl sites for hydroxylation is 2. The van der Waals surface area contributed by atoms with Gasteiger partial charge in [-0.15, -0.1) is 0 Å². The predicted octanol–water partition coefficient (Wildman–Crippen LogP) is 4.62. The minimum Gasteiger partial charge on any atom is -0.267 e. The summed E-state index contributed by atoms with van der Waals surface area (Å²) in [6.45, 7) is 4.65. The summed E-state index contributed by atoms with van der Waals surface area (Å²) in [6, 6.07) is 14.5. The first-order chi connectivity index (χ1) is 12.9. The van der Waals surface area contributed by atoms with Crippen LogP contribution in [-0.4, -0.2) is 21.9 Å². The van der Waals surface area contributed by atoms with Crippen molar-refractivity contribution in [1.82, 2.24) is 15.2 Å². The van der Waals surface area contributed by atoms with Crippen LogP contribution in [0.3, 0.4) is 0 Å². The van der Waals surface area contributed by atoms with Crippen LogP contribution in [0, 0.1) is 13.8 Å². The van der Waals surface area contributed by atoms with E-state index >= 15 is 0 Å². The SMILES string of the molecule is Cc1cc(C)n(Cc2ccc(C(=O)N/N=C\c3ccc(Cl)c(Cl)c3)cc2)n1. The van der Waals surface area contributed by atoms with E-state index in [0.717, 1.165) is 22.5 Å². The molecule has 1 heterocycles. The van der Waals surface area contributed by atoms with E-state index in [1.54, 1.807) is 30.3 Å². The number of hydrazone groups is 1. The smallest absolute Gasteiger partial charge is 0.267 e. The van der Waals surface area contributed by atoms with Crippen LogP contribution in [0.2, 0.25) is 10.0 Å². The number of aromatic nitrogens is 2. The Labute approximate surface area is 167 Å². The fourth-order valence-electron chi connectivity index (χ4n) is 2.59. The minimum atomic E-state index is -0.288. The average molecular weight is 401 g/mol. The molecule has 0 atom stereocenters. The van der Waals surface area contributed by atoms with Crippen LogP contribution in [0.1, 0.15) is 32.9 Å². The van der Waals surface area contributed by atoms with Crippen molar-refractivity contribution in [3.63, 3.8) is 0 Å². The third kappa shape index (κ3) is 4.96. The minimum absolute atomic E-state index is 0.288. The van der Waals surface area contributed by atoms with Crippen LogP contribution in [0.5, 0.6) is 0 Å². The molecule has 3 aromatic rings. The van der Waals surface area contributed by atoms with Crippen LogP contribution >= 0.6 is 23.2 Å². The predicted molar refractivity (Wildman–Crippen MR) is 109 cm³/mol. The molecule has 0 aliphatic carbocycles. The van der Waals surface area contributed by atoms with Gasteiger partial charge in [-0.25, -0.2) is 5.43 Å². The van der Waals surface area contributed by atoms with Gasteiger partial charge in [0.25, 0.3) is 5.91 Å². The maximum absolute atomic E-state index is 12.2. The summed E-state index contributed by atoms with van der Waals surface area (Å²) < 4.78 is 1.94. The van der Waals surface area contributed by atoms with Gasteiger partial charge in [0.05, 0.1) is 28.5 Å². The molecule has 138 valence electrons. The highest BCUT2D eigenvalue weighted by atomic mass is 35.5. The molecule has 0 aliphatic rings. The Bertz CT molecular complexity index is 994. The van der Waals surface area contributed by atoms with Gasteiger partial charge < -0.3 is 0 Å². The molecule has 0 aliphatic heterocycles. The standard InChI is InChI=1S/C20H18Cl2N4O/c1-13-9-14(2)26(25-13)12-15-3-6-17(7-4-15)20(27)24-23-11-16-5-8-18(21)19(22)10-16/h3-11H,12H2,1-2H3,(H,24,27)/b23-11-. The fraction of sp³-hybridized carbons (Fsp3) is 0.150. The van der Waals surface area contributed by atoms with Gasteiger partial charge in [-0.2, -0.15) is 10.2 Å². The number of amides is 1. The summed E-state index contributed by atoms with van der Waals surface area (Å²) in [5.41, 5.74) is 6.93. The molecule has 0 unspecified atom stereocenters. The van der Waals surface area contributed by atoms with Crippen molar-refractivity contribution in [3.05, 3.63) is 86.7 Å². The zero-order valence-corrected chi connectivity index (χ0v) is 16.4. The van der Waals surface area contributed by atoms with E-state index in [-0.39, 0.29) is 5.91 Å². The second-order valence-corrected chi connectivity index (χ2v) is 6.97. The number of nitrogens with one attached hydrogen (secondary N) is 1. The zero-order valence-electron chi connectivity index (χ0n) is 14.9. The summed E-state index contributed by atoms with van der Waals surface area (Å²) in [5, 5.41) is 9.30. The van der Waals surface area contributed by atoms with E-state index in [1.807, 2.05) is 36.7 Å². The molecule has 5 nitrogen and oxygen atoms in total. The largest absolute Gasteiger partial charge is 0.271 e. The quantitative estimate of drug-likeness (QED) is 0.501. The van der Waals surface area contributed by atoms with Gasteiger partial charge in [0.15, 0.2) is 0 Å². The zero-order chi connectivity index (χ0) is 19.4. The maximum atomic E-state index is 12.2. The third-order valence-corrected chi connectivity index (χ3v) is 4.71. The monoisotopic (exact) mass is 400 g/mol. The van der Waals surface area contributed by atoms with Crippen molar-refractivity contribution < 1.29 is 4.79 Å². The Morgan fingerprint density at radius 2 is 1.85 bits per heavy atom. The first-order valence-corrected chi connectivity index (χ1v) is 9.06. The van der Waals surface area contributed by atoms with Crippen molar-refractivity contribution in [3.8, 4) is 0 Å². The maximum Gasteiger partial charge on any atom is 0.271 e. The first kappa shape index (κ1) is 19.1. The summed E-state index contributed by atoms with van der Waals surface area (Å²) >= 11 is 11.8. The molecule has 0 saturated heterocycles. The molecule has 0 bridgehead atoms. The van der Waals surface area contributed by atoms with Crippen LogP contribution in [0.4, 0.5) is 0 Å². The Morgan fingerprint density at radius 1 is 1.11 bits per heavy atom. The molecule has 7 heteroatoms. The number of carbonyl (C=O) groups excluding carboxylic acids is 1. The summed E-state index contributed by atoms with van der Waals surface area (Å²) in [7, 11) is 0. The highest BCUT2D eigenvalue weighted by Gasteiger charge is 2.06. The highest BCUT2D eigenvalue weighted by Crippen LogP contribution is 2.21. The molecule has 0 fully saturated rings. The van der Waals surface area contributed by atoms with Gasteiger partial charge in [-0.3, -0.25) is 9.48 Å². The lowest BCUT2D eigenvalue weighted by Crippen LogP contribution is -2.17. The Morgan fingerprint density at radius 3 is 2.48 bits per heavy atom. The van der Waals surface area contributed by atoms with Crippen LogP contribution in [-0.2, 0) is 6.54 Å². The van der Waals surface area contributed by atoms with Gasteiger partial charge in [0.1, 0.15) is 0 Å². The van der Waals surface area contributed by atoms with E-state index in [0.29, 0.717) is 22.2 Å². The first-order valence-electron chi connectivity index (χ1n) is 8.31. The van der Waals surface area contributed by atoms with E-state index in [2.05, 4.69) is 15.6 Å². The molecule has 0 spiro atoms. The van der Waals surface area contributed by atoms with Crippen molar-refractivity contribution in [2.45, 2.75) is 20.4 Å². The number of halogens is 2. The second-order valence-electron chi connectivity index (χ2n) is 6.15. The van der Waals surface area contributed by atoms with Gasteiger partial charge in [-0.05, 0) is 55.3 Å². The van der Waals surface area contributed by atoms with E-state index in [1.165, 1.54) is 6.21 Å². The fourth-order valence-corrected chi connectivity index (χ4v) is 2.90. The Kier molecular flexibility index (Phi) is 5.94. The number of hydrogen-bond donors (Lipinski definition) is 1. The topological polar surface area (TPSA) is 59.3 Å². The number of carbonyl (C=O) groups is 1. The van der Waals surface area contributed by atoms with E-state index < -0.39 is 0 Å². The van der Waals surface area contributed by atoms with Crippen molar-refractivity contribution >= 4 is 35.3 Å². The normalized spacial score (nSPS) is 11.1. The van der Waals surface area contributed by atoms with E-state index in [9.17, 15) is 4.79 Å². The molecular formula is C20H18Cl2N4O. The number of rotatable bonds is 5. The summed E-state index contributed by atoms with van der Waals surface area (Å²) in [4.78, 5) is 12.2. The lowest BCUT2D eigenvalue weighted by molar-refractivity contribution is 0.0955. The molecular weight excluding hydrogens is 383 g/mol. The van der Waals surface area contributed by atoms with Crippen LogP contribution < -0.4 is 5.43 Å². The molecule has 0 radical (unpaired) electrons. The van der Waals surface area contributed by atoms with Crippen LogP contribution in [0.15, 0.2) is 53.6 Å². The Balaban J connectivity index is 1.60. The molecule has 1 N–H and O–H groups in total. The molecule has 3 rings (SSSR count). The number of benzene rings is 2. The van der Waals surface area contributed by atoms with Gasteiger partial charge >= 0.3 is 0 Å². The molecule has 1 amide bonds. The molecule has 2 aromatic carbocycles. The number of nitrogens with zero attached hydrogens (tertiary/aromatic N) is 3. The van der Waals surface area contributed by atoms with E-state index in [4.69, 9.17) is 23.2 Å². The lowest BCUT2D eigenvalue weighted by atomic mass is 10.1.